The number of ketones is 1. The number of hydrogen-bond donors (Lipinski definition) is 1. The van der Waals surface area contributed by atoms with Crippen LogP contribution in [0.3, 0.4) is 0 Å². The van der Waals surface area contributed by atoms with E-state index in [4.69, 9.17) is 4.74 Å². The minimum absolute atomic E-state index is 0.0184. The van der Waals surface area contributed by atoms with Crippen molar-refractivity contribution in [3.63, 3.8) is 0 Å². The third-order valence-corrected chi connectivity index (χ3v) is 3.27. The lowest BCUT2D eigenvalue weighted by Crippen LogP contribution is -2.23. The zero-order chi connectivity index (χ0) is 15.6. The van der Waals surface area contributed by atoms with Crippen LogP contribution in [0.1, 0.15) is 33.2 Å². The molecule has 0 saturated carbocycles. The van der Waals surface area contributed by atoms with Crippen LogP contribution in [0.5, 0.6) is 0 Å². The molecule has 0 atom stereocenters. The van der Waals surface area contributed by atoms with Crippen molar-refractivity contribution in [2.75, 3.05) is 7.11 Å². The van der Waals surface area contributed by atoms with E-state index in [-0.39, 0.29) is 11.1 Å². The summed E-state index contributed by atoms with van der Waals surface area (Å²) < 4.78 is 4.78. The molecule has 0 bridgehead atoms. The van der Waals surface area contributed by atoms with Gasteiger partial charge in [-0.05, 0) is 25.0 Å². The fraction of sp³-hybridized carbons (Fsp3) is 0.188. The molecule has 0 aliphatic heterocycles. The summed E-state index contributed by atoms with van der Waals surface area (Å²) in [5.74, 6) is -0.983. The second-order valence-electron chi connectivity index (χ2n) is 4.62. The van der Waals surface area contributed by atoms with Crippen molar-refractivity contribution in [3.05, 3.63) is 57.4 Å². The van der Waals surface area contributed by atoms with Crippen LogP contribution in [0.15, 0.2) is 35.1 Å². The Labute approximate surface area is 121 Å². The topological polar surface area (TPSA) is 76.2 Å². The van der Waals surface area contributed by atoms with Crippen molar-refractivity contribution in [3.8, 4) is 11.3 Å². The molecule has 1 N–H and O–H groups in total. The van der Waals surface area contributed by atoms with Gasteiger partial charge in [0.05, 0.1) is 23.9 Å². The molecule has 1 aromatic carbocycles. The van der Waals surface area contributed by atoms with Gasteiger partial charge in [-0.15, -0.1) is 0 Å². The highest BCUT2D eigenvalue weighted by molar-refractivity contribution is 6.03. The molecule has 0 aliphatic carbocycles. The number of methoxy groups -OCH3 is 1. The highest BCUT2D eigenvalue weighted by Crippen LogP contribution is 2.25. The number of ether oxygens (including phenoxy) is 1. The van der Waals surface area contributed by atoms with Gasteiger partial charge in [0.2, 0.25) is 0 Å². The van der Waals surface area contributed by atoms with Crippen LogP contribution in [0, 0.1) is 6.92 Å². The SMILES string of the molecule is COC(=O)c1c(-c2ccccc2)[nH]c(=O)c(C(C)=O)c1C. The number of rotatable bonds is 3. The predicted octanol–water partition coefficient (Wildman–Crippen LogP) is 2.34. The number of Topliss-reactive ketones (excluding diaryl/α,β-unsaturated/α-hetero) is 1. The van der Waals surface area contributed by atoms with Crippen LogP contribution >= 0.6 is 0 Å². The van der Waals surface area contributed by atoms with Crippen molar-refractivity contribution in [1.82, 2.24) is 4.98 Å². The van der Waals surface area contributed by atoms with Crippen LogP contribution in [-0.4, -0.2) is 23.8 Å². The molecule has 108 valence electrons. The third-order valence-electron chi connectivity index (χ3n) is 3.27. The first-order valence-corrected chi connectivity index (χ1v) is 6.39. The van der Waals surface area contributed by atoms with Gasteiger partial charge in [0.1, 0.15) is 0 Å². The Hall–Kier alpha value is -2.69. The molecule has 21 heavy (non-hydrogen) atoms. The monoisotopic (exact) mass is 285 g/mol. The molecule has 0 amide bonds. The summed E-state index contributed by atoms with van der Waals surface area (Å²) >= 11 is 0. The summed E-state index contributed by atoms with van der Waals surface area (Å²) in [7, 11) is 1.26. The maximum absolute atomic E-state index is 12.1. The number of H-pyrrole nitrogens is 1. The third kappa shape index (κ3) is 2.63. The fourth-order valence-corrected chi connectivity index (χ4v) is 2.32. The van der Waals surface area contributed by atoms with Crippen LogP contribution in [0.4, 0.5) is 0 Å². The molecular formula is C16H15NO4. The Morgan fingerprint density at radius 3 is 2.24 bits per heavy atom. The van der Waals surface area contributed by atoms with Gasteiger partial charge in [0.15, 0.2) is 5.78 Å². The molecule has 5 nitrogen and oxygen atoms in total. The average molecular weight is 285 g/mol. The zero-order valence-corrected chi connectivity index (χ0v) is 12.0. The molecule has 5 heteroatoms. The highest BCUT2D eigenvalue weighted by Gasteiger charge is 2.23. The Balaban J connectivity index is 2.86. The largest absolute Gasteiger partial charge is 0.465 e. The predicted molar refractivity (Wildman–Crippen MR) is 78.6 cm³/mol. The smallest absolute Gasteiger partial charge is 0.340 e. The van der Waals surface area contributed by atoms with Gasteiger partial charge in [0, 0.05) is 0 Å². The minimum atomic E-state index is -0.592. The van der Waals surface area contributed by atoms with Gasteiger partial charge in [0.25, 0.3) is 5.56 Å². The normalized spacial score (nSPS) is 10.2. The Morgan fingerprint density at radius 2 is 1.71 bits per heavy atom. The van der Waals surface area contributed by atoms with Gasteiger partial charge in [-0.1, -0.05) is 30.3 Å². The second-order valence-corrected chi connectivity index (χ2v) is 4.62. The number of benzene rings is 1. The van der Waals surface area contributed by atoms with Crippen LogP contribution in [0.2, 0.25) is 0 Å². The van der Waals surface area contributed by atoms with E-state index in [1.165, 1.54) is 14.0 Å². The van der Waals surface area contributed by atoms with E-state index in [0.29, 0.717) is 16.8 Å². The Kier molecular flexibility index (Phi) is 4.03. The van der Waals surface area contributed by atoms with E-state index in [2.05, 4.69) is 4.98 Å². The van der Waals surface area contributed by atoms with E-state index < -0.39 is 17.3 Å². The van der Waals surface area contributed by atoms with Gasteiger partial charge in [-0.2, -0.15) is 0 Å². The molecule has 0 fully saturated rings. The lowest BCUT2D eigenvalue weighted by molar-refractivity contribution is 0.0600. The Morgan fingerprint density at radius 1 is 1.10 bits per heavy atom. The molecule has 0 unspecified atom stereocenters. The minimum Gasteiger partial charge on any atom is -0.465 e. The second kappa shape index (κ2) is 5.75. The summed E-state index contributed by atoms with van der Waals surface area (Å²) in [5.41, 5.74) is 1.04. The molecule has 2 rings (SSSR count). The molecule has 0 aliphatic rings. The summed E-state index contributed by atoms with van der Waals surface area (Å²) in [6.45, 7) is 2.87. The van der Waals surface area contributed by atoms with Crippen molar-refractivity contribution >= 4 is 11.8 Å². The van der Waals surface area contributed by atoms with Crippen LogP contribution < -0.4 is 5.56 Å². The first-order valence-electron chi connectivity index (χ1n) is 6.39. The molecule has 1 heterocycles. The standard InChI is InChI=1S/C16H15NO4/c1-9-12(10(2)18)15(19)17-14(13(9)16(20)21-3)11-7-5-4-6-8-11/h4-8H,1-3H3,(H,17,19). The van der Waals surface area contributed by atoms with Crippen molar-refractivity contribution in [2.24, 2.45) is 0 Å². The number of pyridine rings is 1. The molecule has 0 radical (unpaired) electrons. The van der Waals surface area contributed by atoms with E-state index in [0.717, 1.165) is 0 Å². The van der Waals surface area contributed by atoms with E-state index in [1.807, 2.05) is 6.07 Å². The number of esters is 1. The van der Waals surface area contributed by atoms with Gasteiger partial charge in [-0.25, -0.2) is 4.79 Å². The summed E-state index contributed by atoms with van der Waals surface area (Å²) in [5, 5.41) is 0. The van der Waals surface area contributed by atoms with E-state index in [1.54, 1.807) is 31.2 Å². The number of hydrogen-bond acceptors (Lipinski definition) is 4. The summed E-state index contributed by atoms with van der Waals surface area (Å²) in [6, 6.07) is 8.96. The van der Waals surface area contributed by atoms with Crippen molar-refractivity contribution in [1.29, 1.82) is 0 Å². The van der Waals surface area contributed by atoms with Crippen LogP contribution in [-0.2, 0) is 4.74 Å². The fourth-order valence-electron chi connectivity index (χ4n) is 2.32. The summed E-state index contributed by atoms with van der Waals surface area (Å²) in [6.07, 6.45) is 0. The molecule has 1 aromatic heterocycles. The number of carbonyl (C=O) groups excluding carboxylic acids is 2. The van der Waals surface area contributed by atoms with Crippen LogP contribution in [0.25, 0.3) is 11.3 Å². The molecule has 0 saturated heterocycles. The number of aromatic amines is 1. The lowest BCUT2D eigenvalue weighted by atomic mass is 9.96. The lowest BCUT2D eigenvalue weighted by Gasteiger charge is -2.13. The maximum Gasteiger partial charge on any atom is 0.340 e. The average Bonchev–Trinajstić information content (AvgIpc) is 2.46. The van der Waals surface area contributed by atoms with Crippen molar-refractivity contribution < 1.29 is 14.3 Å². The number of nitrogens with one attached hydrogen (secondary N) is 1. The number of carbonyl (C=O) groups is 2. The zero-order valence-electron chi connectivity index (χ0n) is 12.0. The van der Waals surface area contributed by atoms with E-state index in [9.17, 15) is 14.4 Å². The van der Waals surface area contributed by atoms with Gasteiger partial charge < -0.3 is 9.72 Å². The van der Waals surface area contributed by atoms with Gasteiger partial charge >= 0.3 is 5.97 Å². The molecule has 2 aromatic rings. The van der Waals surface area contributed by atoms with E-state index >= 15 is 0 Å². The Bertz CT molecular complexity index is 760. The summed E-state index contributed by atoms with van der Waals surface area (Å²) in [4.78, 5) is 38.4. The maximum atomic E-state index is 12.1. The van der Waals surface area contributed by atoms with Crippen molar-refractivity contribution in [2.45, 2.75) is 13.8 Å². The highest BCUT2D eigenvalue weighted by atomic mass is 16.5. The molecule has 0 spiro atoms. The first kappa shape index (κ1) is 14.7. The van der Waals surface area contributed by atoms with Gasteiger partial charge in [-0.3, -0.25) is 9.59 Å². The molecular weight excluding hydrogens is 270 g/mol. The number of aromatic nitrogens is 1. The quantitative estimate of drug-likeness (QED) is 0.693. The first-order chi connectivity index (χ1) is 9.97.